The predicted octanol–water partition coefficient (Wildman–Crippen LogP) is 6.56. The van der Waals surface area contributed by atoms with Crippen molar-refractivity contribution < 1.29 is 0 Å². The van der Waals surface area contributed by atoms with Crippen molar-refractivity contribution in [2.45, 2.75) is 110 Å². The Morgan fingerprint density at radius 2 is 1.04 bits per heavy atom. The highest BCUT2D eigenvalue weighted by Crippen LogP contribution is 2.13. The van der Waals surface area contributed by atoms with Gasteiger partial charge in [-0.3, -0.25) is 0 Å². The van der Waals surface area contributed by atoms with Gasteiger partial charge in [0.15, 0.2) is 0 Å². The van der Waals surface area contributed by atoms with E-state index < -0.39 is 0 Å². The van der Waals surface area contributed by atoms with Crippen LogP contribution in [0.25, 0.3) is 0 Å². The molecule has 4 N–H and O–H groups in total. The lowest BCUT2D eigenvalue weighted by molar-refractivity contribution is 0.536. The van der Waals surface area contributed by atoms with Crippen LogP contribution in [0.5, 0.6) is 0 Å². The van der Waals surface area contributed by atoms with Crippen molar-refractivity contribution in [2.75, 3.05) is 0 Å². The third-order valence-corrected chi connectivity index (χ3v) is 4.48. The fourth-order valence-corrected chi connectivity index (χ4v) is 2.80. The molecule has 0 saturated carbocycles. The zero-order valence-electron chi connectivity index (χ0n) is 15.9. The van der Waals surface area contributed by atoms with Crippen molar-refractivity contribution in [1.82, 2.24) is 0 Å². The Balaban J connectivity index is 3.15. The number of allylic oxidation sites excluding steroid dienone is 3. The highest BCUT2D eigenvalue weighted by atomic mass is 14.7. The van der Waals surface area contributed by atoms with Crippen LogP contribution in [0.2, 0.25) is 0 Å². The zero-order chi connectivity index (χ0) is 17.2. The molecule has 0 bridgehead atoms. The van der Waals surface area contributed by atoms with Crippen molar-refractivity contribution in [1.29, 1.82) is 0 Å². The Kier molecular flexibility index (Phi) is 16.7. The molecule has 0 aromatic heterocycles. The summed E-state index contributed by atoms with van der Waals surface area (Å²) in [5.41, 5.74) is 12.8. The highest BCUT2D eigenvalue weighted by Gasteiger charge is 1.94. The van der Waals surface area contributed by atoms with Crippen LogP contribution in [0.1, 0.15) is 110 Å². The molecule has 0 rings (SSSR count). The summed E-state index contributed by atoms with van der Waals surface area (Å²) in [6.45, 7) is 4.12. The first kappa shape index (κ1) is 22.1. The Hall–Kier alpha value is -0.920. The van der Waals surface area contributed by atoms with Gasteiger partial charge in [-0.1, -0.05) is 96.5 Å². The number of unbranched alkanes of at least 4 members (excludes halogenated alkanes) is 14. The van der Waals surface area contributed by atoms with Crippen LogP contribution in [-0.2, 0) is 0 Å². The maximum atomic E-state index is 5.74. The van der Waals surface area contributed by atoms with E-state index in [0.29, 0.717) is 11.4 Å². The smallest absolute Gasteiger partial charge is 0.0498 e. The topological polar surface area (TPSA) is 52.0 Å². The van der Waals surface area contributed by atoms with E-state index in [-0.39, 0.29) is 0 Å². The van der Waals surface area contributed by atoms with Crippen LogP contribution < -0.4 is 11.5 Å². The fraction of sp³-hybridized carbons (Fsp3) is 0.810. The van der Waals surface area contributed by atoms with Crippen LogP contribution in [0.15, 0.2) is 23.5 Å². The number of hydrogen-bond donors (Lipinski definition) is 2. The summed E-state index contributed by atoms with van der Waals surface area (Å²) in [5, 5.41) is 0. The summed E-state index contributed by atoms with van der Waals surface area (Å²) in [4.78, 5) is 0. The van der Waals surface area contributed by atoms with Crippen molar-refractivity contribution in [3.8, 4) is 0 Å². The molecule has 2 nitrogen and oxygen atoms in total. The van der Waals surface area contributed by atoms with Crippen LogP contribution in [0.4, 0.5) is 0 Å². The molecule has 136 valence electrons. The SMILES string of the molecule is CCCCCCCCCCCCCCCC/C=C/C(N)=C(/C)N. The number of nitrogens with two attached hydrogens (primary N) is 2. The number of rotatable bonds is 16. The maximum absolute atomic E-state index is 5.74. The Labute approximate surface area is 145 Å². The van der Waals surface area contributed by atoms with E-state index in [9.17, 15) is 0 Å². The molecule has 2 heteroatoms. The molecular formula is C21H42N2. The van der Waals surface area contributed by atoms with E-state index in [0.717, 1.165) is 6.42 Å². The summed E-state index contributed by atoms with van der Waals surface area (Å²) in [5.74, 6) is 0. The molecule has 0 spiro atoms. The Morgan fingerprint density at radius 1 is 0.652 bits per heavy atom. The van der Waals surface area contributed by atoms with Crippen LogP contribution in [0, 0.1) is 0 Å². The van der Waals surface area contributed by atoms with Gasteiger partial charge >= 0.3 is 0 Å². The van der Waals surface area contributed by atoms with Gasteiger partial charge in [0.2, 0.25) is 0 Å². The van der Waals surface area contributed by atoms with Gasteiger partial charge in [-0.25, -0.2) is 0 Å². The largest absolute Gasteiger partial charge is 0.401 e. The van der Waals surface area contributed by atoms with Gasteiger partial charge < -0.3 is 11.5 Å². The van der Waals surface area contributed by atoms with E-state index in [2.05, 4.69) is 13.0 Å². The summed E-state index contributed by atoms with van der Waals surface area (Å²) >= 11 is 0. The fourth-order valence-electron chi connectivity index (χ4n) is 2.80. The molecular weight excluding hydrogens is 280 g/mol. The highest BCUT2D eigenvalue weighted by molar-refractivity contribution is 5.18. The summed E-state index contributed by atoms with van der Waals surface area (Å²) in [6, 6.07) is 0. The minimum absolute atomic E-state index is 0.704. The first-order chi connectivity index (χ1) is 11.2. The van der Waals surface area contributed by atoms with Gasteiger partial charge in [0.1, 0.15) is 0 Å². The van der Waals surface area contributed by atoms with Gasteiger partial charge in [0.25, 0.3) is 0 Å². The third-order valence-electron chi connectivity index (χ3n) is 4.48. The molecule has 0 aromatic rings. The Morgan fingerprint density at radius 3 is 1.43 bits per heavy atom. The number of hydrogen-bond acceptors (Lipinski definition) is 2. The van der Waals surface area contributed by atoms with Crippen molar-refractivity contribution >= 4 is 0 Å². The van der Waals surface area contributed by atoms with Gasteiger partial charge in [0.05, 0.1) is 0 Å². The van der Waals surface area contributed by atoms with Crippen LogP contribution in [0.3, 0.4) is 0 Å². The second-order valence-corrected chi connectivity index (χ2v) is 6.93. The van der Waals surface area contributed by atoms with E-state index >= 15 is 0 Å². The molecule has 0 radical (unpaired) electrons. The van der Waals surface area contributed by atoms with E-state index in [1.165, 1.54) is 89.9 Å². The quantitative estimate of drug-likeness (QED) is 0.249. The summed E-state index contributed by atoms with van der Waals surface area (Å²) in [6.07, 6.45) is 24.9. The molecule has 23 heavy (non-hydrogen) atoms. The van der Waals surface area contributed by atoms with E-state index in [1.54, 1.807) is 0 Å². The molecule has 0 saturated heterocycles. The molecule has 0 aliphatic rings. The molecule has 0 atom stereocenters. The normalized spacial score (nSPS) is 12.8. The molecule has 0 heterocycles. The van der Waals surface area contributed by atoms with Crippen LogP contribution in [-0.4, -0.2) is 0 Å². The third kappa shape index (κ3) is 17.3. The van der Waals surface area contributed by atoms with Gasteiger partial charge in [-0.2, -0.15) is 0 Å². The average Bonchev–Trinajstić information content (AvgIpc) is 2.54. The average molecular weight is 323 g/mol. The lowest BCUT2D eigenvalue weighted by Crippen LogP contribution is -2.03. The summed E-state index contributed by atoms with van der Waals surface area (Å²) < 4.78 is 0. The second kappa shape index (κ2) is 17.4. The molecule has 0 aromatic carbocycles. The lowest BCUT2D eigenvalue weighted by Gasteiger charge is -2.03. The van der Waals surface area contributed by atoms with E-state index in [4.69, 9.17) is 11.5 Å². The molecule has 0 amide bonds. The van der Waals surface area contributed by atoms with Crippen LogP contribution >= 0.6 is 0 Å². The van der Waals surface area contributed by atoms with Crippen molar-refractivity contribution in [3.05, 3.63) is 23.5 Å². The maximum Gasteiger partial charge on any atom is 0.0498 e. The lowest BCUT2D eigenvalue weighted by atomic mass is 10.0. The first-order valence-electron chi connectivity index (χ1n) is 10.1. The predicted molar refractivity (Wildman–Crippen MR) is 105 cm³/mol. The molecule has 0 unspecified atom stereocenters. The zero-order valence-corrected chi connectivity index (χ0v) is 15.9. The van der Waals surface area contributed by atoms with Crippen molar-refractivity contribution in [3.63, 3.8) is 0 Å². The van der Waals surface area contributed by atoms with Gasteiger partial charge in [0, 0.05) is 11.4 Å². The molecule has 0 aliphatic carbocycles. The second-order valence-electron chi connectivity index (χ2n) is 6.93. The molecule has 0 aliphatic heterocycles. The molecule has 0 fully saturated rings. The Bertz CT molecular complexity index is 301. The first-order valence-corrected chi connectivity index (χ1v) is 10.1. The van der Waals surface area contributed by atoms with Gasteiger partial charge in [-0.05, 0) is 25.8 Å². The minimum Gasteiger partial charge on any atom is -0.401 e. The summed E-state index contributed by atoms with van der Waals surface area (Å²) in [7, 11) is 0. The van der Waals surface area contributed by atoms with E-state index in [1.807, 2.05) is 13.0 Å². The minimum atomic E-state index is 0.704. The van der Waals surface area contributed by atoms with Crippen molar-refractivity contribution in [2.24, 2.45) is 11.5 Å². The monoisotopic (exact) mass is 322 g/mol. The van der Waals surface area contributed by atoms with Gasteiger partial charge in [-0.15, -0.1) is 0 Å². The standard InChI is InChI=1S/C21H42N2/c1-3-4-5-6-7-8-9-10-11-12-13-14-15-16-17-18-19-21(23)20(2)22/h18-19H,3-17,22-23H2,1-2H3/b19-18+,21-20+.